The number of carbonyl (C=O) groups excluding carboxylic acids is 1. The first kappa shape index (κ1) is 11.8. The Morgan fingerprint density at radius 2 is 1.82 bits per heavy atom. The molecule has 0 bridgehead atoms. The van der Waals surface area contributed by atoms with Gasteiger partial charge in [0.25, 0.3) is 0 Å². The molecular weight excluding hydrogens is 210 g/mol. The fourth-order valence-corrected chi connectivity index (χ4v) is 1.82. The highest BCUT2D eigenvalue weighted by Gasteiger charge is 2.26. The highest BCUT2D eigenvalue weighted by Crippen LogP contribution is 2.20. The minimum atomic E-state index is -0.775. The van der Waals surface area contributed by atoms with E-state index in [2.05, 4.69) is 0 Å². The number of fused-ring (bicyclic) bond motifs is 1. The van der Waals surface area contributed by atoms with Crippen molar-refractivity contribution in [3.63, 3.8) is 0 Å². The first-order valence-corrected chi connectivity index (χ1v) is 5.87. The van der Waals surface area contributed by atoms with E-state index in [9.17, 15) is 4.79 Å². The first-order chi connectivity index (χ1) is 8.04. The van der Waals surface area contributed by atoms with Gasteiger partial charge < -0.3 is 5.73 Å². The molecule has 2 N–H and O–H groups in total. The Morgan fingerprint density at radius 1 is 1.18 bits per heavy atom. The maximum Gasteiger partial charge on any atom is 0.182 e. The molecule has 0 aliphatic heterocycles. The van der Waals surface area contributed by atoms with Gasteiger partial charge in [-0.2, -0.15) is 0 Å². The second kappa shape index (κ2) is 4.30. The van der Waals surface area contributed by atoms with E-state index >= 15 is 0 Å². The molecule has 1 unspecified atom stereocenters. The Kier molecular flexibility index (Phi) is 2.99. The largest absolute Gasteiger partial charge is 0.319 e. The van der Waals surface area contributed by atoms with Gasteiger partial charge in [0.05, 0.1) is 5.54 Å². The van der Waals surface area contributed by atoms with Gasteiger partial charge in [0.2, 0.25) is 0 Å². The Labute approximate surface area is 101 Å². The van der Waals surface area contributed by atoms with E-state index < -0.39 is 5.54 Å². The summed E-state index contributed by atoms with van der Waals surface area (Å²) in [5.41, 5.74) is 5.90. The summed E-state index contributed by atoms with van der Waals surface area (Å²) in [5, 5.41) is 2.21. The van der Waals surface area contributed by atoms with Crippen molar-refractivity contribution in [2.75, 3.05) is 0 Å². The minimum Gasteiger partial charge on any atom is -0.319 e. The van der Waals surface area contributed by atoms with Crippen LogP contribution in [0.25, 0.3) is 10.8 Å². The zero-order valence-corrected chi connectivity index (χ0v) is 10.2. The first-order valence-electron chi connectivity index (χ1n) is 5.87. The number of hydrogen-bond donors (Lipinski definition) is 1. The fraction of sp³-hybridized carbons (Fsp3) is 0.267. The third-order valence-electron chi connectivity index (χ3n) is 3.26. The lowest BCUT2D eigenvalue weighted by atomic mass is 9.89. The molecule has 1 atom stereocenters. The van der Waals surface area contributed by atoms with Crippen LogP contribution in [-0.2, 0) is 0 Å². The van der Waals surface area contributed by atoms with Crippen LogP contribution in [0.1, 0.15) is 30.6 Å². The number of rotatable bonds is 3. The molecule has 0 aliphatic carbocycles. The number of hydrogen-bond acceptors (Lipinski definition) is 2. The number of ketones is 1. The van der Waals surface area contributed by atoms with Gasteiger partial charge in [-0.1, -0.05) is 43.3 Å². The monoisotopic (exact) mass is 227 g/mol. The van der Waals surface area contributed by atoms with Crippen LogP contribution in [0, 0.1) is 0 Å². The molecule has 2 aromatic rings. The van der Waals surface area contributed by atoms with Gasteiger partial charge in [-0.3, -0.25) is 4.79 Å². The number of benzene rings is 2. The summed E-state index contributed by atoms with van der Waals surface area (Å²) in [4.78, 5) is 12.2. The zero-order valence-electron chi connectivity index (χ0n) is 10.2. The van der Waals surface area contributed by atoms with E-state index in [1.54, 1.807) is 6.92 Å². The summed E-state index contributed by atoms with van der Waals surface area (Å²) < 4.78 is 0. The molecule has 2 rings (SSSR count). The molecule has 0 heterocycles. The van der Waals surface area contributed by atoms with Crippen LogP contribution in [0.4, 0.5) is 0 Å². The lowest BCUT2D eigenvalue weighted by Crippen LogP contribution is -2.44. The van der Waals surface area contributed by atoms with E-state index in [4.69, 9.17) is 5.73 Å². The topological polar surface area (TPSA) is 43.1 Å². The van der Waals surface area contributed by atoms with Crippen molar-refractivity contribution in [1.29, 1.82) is 0 Å². The van der Waals surface area contributed by atoms with Crippen LogP contribution in [0.5, 0.6) is 0 Å². The molecule has 2 heteroatoms. The molecule has 0 fully saturated rings. The highest BCUT2D eigenvalue weighted by atomic mass is 16.1. The summed E-state index contributed by atoms with van der Waals surface area (Å²) in [5.74, 6) is 0.00533. The molecular formula is C15H17NO. The SMILES string of the molecule is CCC(C)(N)C(=O)c1ccc2ccccc2c1. The zero-order chi connectivity index (χ0) is 12.5. The van der Waals surface area contributed by atoms with Crippen molar-refractivity contribution >= 4 is 16.6 Å². The van der Waals surface area contributed by atoms with E-state index in [0.717, 1.165) is 10.8 Å². The summed E-state index contributed by atoms with van der Waals surface area (Å²) in [6.45, 7) is 3.71. The summed E-state index contributed by atoms with van der Waals surface area (Å²) in [7, 11) is 0. The van der Waals surface area contributed by atoms with Gasteiger partial charge in [0.1, 0.15) is 0 Å². The molecule has 0 saturated heterocycles. The number of Topliss-reactive ketones (excluding diaryl/α,β-unsaturated/α-hetero) is 1. The smallest absolute Gasteiger partial charge is 0.182 e. The number of carbonyl (C=O) groups is 1. The van der Waals surface area contributed by atoms with Crippen molar-refractivity contribution in [1.82, 2.24) is 0 Å². The van der Waals surface area contributed by atoms with Gasteiger partial charge in [-0.25, -0.2) is 0 Å². The van der Waals surface area contributed by atoms with Gasteiger partial charge in [-0.05, 0) is 30.2 Å². The predicted molar refractivity (Wildman–Crippen MR) is 71.2 cm³/mol. The van der Waals surface area contributed by atoms with Crippen molar-refractivity contribution in [2.24, 2.45) is 5.73 Å². The molecule has 0 aromatic heterocycles. The van der Waals surface area contributed by atoms with Crippen LogP contribution in [0.15, 0.2) is 42.5 Å². The second-order valence-electron chi connectivity index (χ2n) is 4.66. The summed E-state index contributed by atoms with van der Waals surface area (Å²) in [6, 6.07) is 13.7. The van der Waals surface area contributed by atoms with Crippen molar-refractivity contribution in [2.45, 2.75) is 25.8 Å². The minimum absolute atomic E-state index is 0.00533. The molecule has 2 aromatic carbocycles. The van der Waals surface area contributed by atoms with Gasteiger partial charge in [0.15, 0.2) is 5.78 Å². The van der Waals surface area contributed by atoms with Gasteiger partial charge in [-0.15, -0.1) is 0 Å². The summed E-state index contributed by atoms with van der Waals surface area (Å²) >= 11 is 0. The third kappa shape index (κ3) is 2.22. The Balaban J connectivity index is 2.47. The molecule has 2 nitrogen and oxygen atoms in total. The quantitative estimate of drug-likeness (QED) is 0.818. The van der Waals surface area contributed by atoms with Crippen LogP contribution in [-0.4, -0.2) is 11.3 Å². The third-order valence-corrected chi connectivity index (χ3v) is 3.26. The summed E-state index contributed by atoms with van der Waals surface area (Å²) in [6.07, 6.45) is 0.638. The molecule has 0 radical (unpaired) electrons. The van der Waals surface area contributed by atoms with Gasteiger partial charge >= 0.3 is 0 Å². The van der Waals surface area contributed by atoms with E-state index in [1.807, 2.05) is 49.4 Å². The molecule has 88 valence electrons. The fourth-order valence-electron chi connectivity index (χ4n) is 1.82. The Bertz CT molecular complexity index is 558. The van der Waals surface area contributed by atoms with Crippen LogP contribution in [0.2, 0.25) is 0 Å². The van der Waals surface area contributed by atoms with E-state index in [-0.39, 0.29) is 5.78 Å². The number of nitrogens with two attached hydrogens (primary N) is 1. The van der Waals surface area contributed by atoms with Crippen LogP contribution in [0.3, 0.4) is 0 Å². The second-order valence-corrected chi connectivity index (χ2v) is 4.66. The predicted octanol–water partition coefficient (Wildman–Crippen LogP) is 3.15. The highest BCUT2D eigenvalue weighted by molar-refractivity contribution is 6.05. The Morgan fingerprint density at radius 3 is 2.47 bits per heavy atom. The average molecular weight is 227 g/mol. The van der Waals surface area contributed by atoms with Crippen LogP contribution >= 0.6 is 0 Å². The normalized spacial score (nSPS) is 14.5. The van der Waals surface area contributed by atoms with Crippen LogP contribution < -0.4 is 5.73 Å². The molecule has 0 amide bonds. The Hall–Kier alpha value is -1.67. The van der Waals surface area contributed by atoms with Crippen molar-refractivity contribution in [3.8, 4) is 0 Å². The lowest BCUT2D eigenvalue weighted by molar-refractivity contribution is 0.0898. The standard InChI is InChI=1S/C15H17NO/c1-3-15(2,16)14(17)13-9-8-11-6-4-5-7-12(11)10-13/h4-10H,3,16H2,1-2H3. The molecule has 0 saturated carbocycles. The van der Waals surface area contributed by atoms with Gasteiger partial charge in [0, 0.05) is 5.56 Å². The van der Waals surface area contributed by atoms with Crippen molar-refractivity contribution in [3.05, 3.63) is 48.0 Å². The van der Waals surface area contributed by atoms with E-state index in [0.29, 0.717) is 12.0 Å². The van der Waals surface area contributed by atoms with E-state index in [1.165, 1.54) is 0 Å². The molecule has 17 heavy (non-hydrogen) atoms. The maximum absolute atomic E-state index is 12.2. The molecule has 0 aliphatic rings. The lowest BCUT2D eigenvalue weighted by Gasteiger charge is -2.21. The molecule has 0 spiro atoms. The van der Waals surface area contributed by atoms with Crippen molar-refractivity contribution < 1.29 is 4.79 Å². The maximum atomic E-state index is 12.2. The average Bonchev–Trinajstić information content (AvgIpc) is 2.37.